The van der Waals surface area contributed by atoms with Crippen LogP contribution in [0.4, 0.5) is 0 Å². The second-order valence-electron chi connectivity index (χ2n) is 5.24. The molecule has 0 radical (unpaired) electrons. The molecule has 0 aliphatic carbocycles. The van der Waals surface area contributed by atoms with Gasteiger partial charge in [0.15, 0.2) is 0 Å². The van der Waals surface area contributed by atoms with Gasteiger partial charge in [-0.05, 0) is 31.9 Å². The number of rotatable bonds is 7. The van der Waals surface area contributed by atoms with E-state index in [-0.39, 0.29) is 12.0 Å². The van der Waals surface area contributed by atoms with Crippen molar-refractivity contribution in [2.75, 3.05) is 19.7 Å². The summed E-state index contributed by atoms with van der Waals surface area (Å²) >= 11 is 0. The van der Waals surface area contributed by atoms with Gasteiger partial charge >= 0.3 is 0 Å². The van der Waals surface area contributed by atoms with Crippen LogP contribution in [0.25, 0.3) is 0 Å². The molecule has 0 aliphatic rings. The highest BCUT2D eigenvalue weighted by Crippen LogP contribution is 2.18. The van der Waals surface area contributed by atoms with Gasteiger partial charge in [-0.2, -0.15) is 0 Å². The average molecular weight is 235 g/mol. The highest BCUT2D eigenvalue weighted by Gasteiger charge is 2.19. The van der Waals surface area contributed by atoms with Crippen LogP contribution in [0.2, 0.25) is 0 Å². The Kier molecular flexibility index (Phi) is 5.66. The molecule has 0 saturated heterocycles. The maximum atomic E-state index is 9.30. The lowest BCUT2D eigenvalue weighted by molar-refractivity contribution is 0.136. The Morgan fingerprint density at radius 1 is 1.35 bits per heavy atom. The van der Waals surface area contributed by atoms with E-state index in [0.717, 1.165) is 25.9 Å². The molecule has 1 aromatic rings. The van der Waals surface area contributed by atoms with Gasteiger partial charge in [-0.15, -0.1) is 0 Å². The third-order valence-electron chi connectivity index (χ3n) is 3.46. The second kappa shape index (κ2) is 6.77. The largest absolute Gasteiger partial charge is 0.396 e. The highest BCUT2D eigenvalue weighted by atomic mass is 16.3. The third kappa shape index (κ3) is 4.88. The van der Waals surface area contributed by atoms with Gasteiger partial charge in [0.05, 0.1) is 0 Å². The van der Waals surface area contributed by atoms with Crippen molar-refractivity contribution in [2.24, 2.45) is 5.41 Å². The first-order chi connectivity index (χ1) is 8.09. The molecule has 2 N–H and O–H groups in total. The first kappa shape index (κ1) is 14.2. The molecule has 1 aromatic carbocycles. The molecule has 0 saturated carbocycles. The van der Waals surface area contributed by atoms with Crippen LogP contribution >= 0.6 is 0 Å². The van der Waals surface area contributed by atoms with Gasteiger partial charge < -0.3 is 10.4 Å². The molecule has 1 unspecified atom stereocenters. The van der Waals surface area contributed by atoms with Crippen LogP contribution in [0.5, 0.6) is 0 Å². The predicted octanol–water partition coefficient (Wildman–Crippen LogP) is 2.54. The van der Waals surface area contributed by atoms with Gasteiger partial charge in [0.25, 0.3) is 0 Å². The number of benzene rings is 1. The fourth-order valence-electron chi connectivity index (χ4n) is 1.78. The number of hydrogen-bond acceptors (Lipinski definition) is 2. The summed E-state index contributed by atoms with van der Waals surface area (Å²) in [6, 6.07) is 8.62. The fraction of sp³-hybridized carbons (Fsp3) is 0.600. The van der Waals surface area contributed by atoms with E-state index in [1.54, 1.807) is 0 Å². The van der Waals surface area contributed by atoms with Crippen LogP contribution in [-0.4, -0.2) is 24.8 Å². The summed E-state index contributed by atoms with van der Waals surface area (Å²) in [6.07, 6.45) is 2.05. The van der Waals surface area contributed by atoms with Crippen LogP contribution in [0.3, 0.4) is 0 Å². The Labute approximate surface area is 105 Å². The van der Waals surface area contributed by atoms with E-state index in [4.69, 9.17) is 0 Å². The second-order valence-corrected chi connectivity index (χ2v) is 5.24. The molecule has 0 fully saturated rings. The molecule has 2 nitrogen and oxygen atoms in total. The summed E-state index contributed by atoms with van der Waals surface area (Å²) in [5, 5.41) is 12.7. The number of nitrogens with one attached hydrogen (secondary N) is 1. The number of aliphatic hydroxyl groups excluding tert-OH is 1. The van der Waals surface area contributed by atoms with E-state index in [2.05, 4.69) is 50.4 Å². The van der Waals surface area contributed by atoms with Gasteiger partial charge in [0, 0.05) is 18.6 Å². The van der Waals surface area contributed by atoms with Crippen molar-refractivity contribution in [3.8, 4) is 0 Å². The first-order valence-corrected chi connectivity index (χ1v) is 6.47. The van der Waals surface area contributed by atoms with Crippen molar-refractivity contribution < 1.29 is 5.11 Å². The van der Waals surface area contributed by atoms with Crippen molar-refractivity contribution >= 4 is 0 Å². The number of aliphatic hydroxyl groups is 1. The van der Waals surface area contributed by atoms with Crippen LogP contribution in [0.15, 0.2) is 24.3 Å². The molecule has 0 aliphatic heterocycles. The average Bonchev–Trinajstić information content (AvgIpc) is 2.34. The quantitative estimate of drug-likeness (QED) is 0.712. The molecular formula is C15H25NO. The lowest BCUT2D eigenvalue weighted by Crippen LogP contribution is -2.35. The summed E-state index contributed by atoms with van der Waals surface area (Å²) in [4.78, 5) is 0. The summed E-state index contributed by atoms with van der Waals surface area (Å²) in [5.41, 5.74) is 2.71. The van der Waals surface area contributed by atoms with Crippen LogP contribution < -0.4 is 5.32 Å². The Balaban J connectivity index is 2.29. The van der Waals surface area contributed by atoms with Crippen molar-refractivity contribution in [2.45, 2.75) is 33.6 Å². The van der Waals surface area contributed by atoms with Crippen LogP contribution in [0.1, 0.15) is 31.4 Å². The minimum atomic E-state index is 0.0204. The van der Waals surface area contributed by atoms with Crippen LogP contribution in [-0.2, 0) is 6.42 Å². The maximum absolute atomic E-state index is 9.30. The Bertz CT molecular complexity index is 331. The van der Waals surface area contributed by atoms with Crippen molar-refractivity contribution in [3.63, 3.8) is 0 Å². The van der Waals surface area contributed by atoms with Crippen molar-refractivity contribution in [3.05, 3.63) is 35.4 Å². The summed E-state index contributed by atoms with van der Waals surface area (Å²) < 4.78 is 0. The lowest BCUT2D eigenvalue weighted by atomic mass is 9.88. The minimum Gasteiger partial charge on any atom is -0.396 e. The molecule has 0 spiro atoms. The highest BCUT2D eigenvalue weighted by molar-refractivity contribution is 5.22. The molecule has 1 rings (SSSR count). The van der Waals surface area contributed by atoms with E-state index in [9.17, 15) is 5.11 Å². The van der Waals surface area contributed by atoms with Gasteiger partial charge in [0.2, 0.25) is 0 Å². The summed E-state index contributed by atoms with van der Waals surface area (Å²) in [6.45, 7) is 8.47. The summed E-state index contributed by atoms with van der Waals surface area (Å²) in [5.74, 6) is 0. The molecule has 1 atom stereocenters. The van der Waals surface area contributed by atoms with Gasteiger partial charge in [-0.25, -0.2) is 0 Å². The Morgan fingerprint density at radius 3 is 2.71 bits per heavy atom. The molecule has 96 valence electrons. The number of aryl methyl sites for hydroxylation is 1. The smallest absolute Gasteiger partial charge is 0.0496 e. The monoisotopic (exact) mass is 235 g/mol. The van der Waals surface area contributed by atoms with E-state index >= 15 is 0 Å². The summed E-state index contributed by atoms with van der Waals surface area (Å²) in [7, 11) is 0. The molecule has 0 heterocycles. The first-order valence-electron chi connectivity index (χ1n) is 6.47. The van der Waals surface area contributed by atoms with E-state index in [1.807, 2.05) is 0 Å². The van der Waals surface area contributed by atoms with E-state index in [0.29, 0.717) is 0 Å². The minimum absolute atomic E-state index is 0.0204. The van der Waals surface area contributed by atoms with Crippen LogP contribution in [0, 0.1) is 12.3 Å². The SMILES string of the molecule is CCC(C)(CO)CNCCc1cccc(C)c1. The Hall–Kier alpha value is -0.860. The molecule has 17 heavy (non-hydrogen) atoms. The van der Waals surface area contributed by atoms with Gasteiger partial charge in [-0.1, -0.05) is 43.7 Å². The zero-order valence-electron chi connectivity index (χ0n) is 11.3. The molecule has 2 heteroatoms. The predicted molar refractivity (Wildman–Crippen MR) is 73.2 cm³/mol. The zero-order valence-corrected chi connectivity index (χ0v) is 11.3. The Morgan fingerprint density at radius 2 is 2.12 bits per heavy atom. The molecule has 0 aromatic heterocycles. The topological polar surface area (TPSA) is 32.3 Å². The molecule has 0 amide bonds. The number of hydrogen-bond donors (Lipinski definition) is 2. The normalized spacial score (nSPS) is 14.6. The zero-order chi connectivity index (χ0) is 12.7. The van der Waals surface area contributed by atoms with E-state index in [1.165, 1.54) is 11.1 Å². The lowest BCUT2D eigenvalue weighted by Gasteiger charge is -2.25. The van der Waals surface area contributed by atoms with Gasteiger partial charge in [0.1, 0.15) is 0 Å². The fourth-order valence-corrected chi connectivity index (χ4v) is 1.78. The van der Waals surface area contributed by atoms with Crippen molar-refractivity contribution in [1.29, 1.82) is 0 Å². The van der Waals surface area contributed by atoms with E-state index < -0.39 is 0 Å². The molecular weight excluding hydrogens is 210 g/mol. The molecule has 0 bridgehead atoms. The maximum Gasteiger partial charge on any atom is 0.0496 e. The van der Waals surface area contributed by atoms with Gasteiger partial charge in [-0.3, -0.25) is 0 Å². The van der Waals surface area contributed by atoms with Crippen molar-refractivity contribution in [1.82, 2.24) is 5.32 Å². The third-order valence-corrected chi connectivity index (χ3v) is 3.46. The standard InChI is InChI=1S/C15H25NO/c1-4-15(3,12-17)11-16-9-8-14-7-5-6-13(2)10-14/h5-7,10,16-17H,4,8-9,11-12H2,1-3H3.